The summed E-state index contributed by atoms with van der Waals surface area (Å²) >= 11 is 11.5. The van der Waals surface area contributed by atoms with Gasteiger partial charge in [0.1, 0.15) is 6.04 Å². The van der Waals surface area contributed by atoms with E-state index >= 15 is 0 Å². The van der Waals surface area contributed by atoms with Crippen LogP contribution in [0.15, 0.2) is 18.2 Å². The van der Waals surface area contributed by atoms with Crippen molar-refractivity contribution in [2.45, 2.75) is 18.9 Å². The van der Waals surface area contributed by atoms with Crippen molar-refractivity contribution in [1.29, 1.82) is 0 Å². The zero-order valence-electron chi connectivity index (χ0n) is 10.1. The van der Waals surface area contributed by atoms with Crippen molar-refractivity contribution in [1.82, 2.24) is 5.32 Å². The van der Waals surface area contributed by atoms with Crippen molar-refractivity contribution in [3.8, 4) is 0 Å². The Morgan fingerprint density at radius 1 is 1.15 bits per heavy atom. The van der Waals surface area contributed by atoms with Crippen molar-refractivity contribution >= 4 is 41.0 Å². The van der Waals surface area contributed by atoms with Gasteiger partial charge in [0.2, 0.25) is 0 Å². The van der Waals surface area contributed by atoms with Crippen LogP contribution in [0.3, 0.4) is 0 Å². The van der Waals surface area contributed by atoms with E-state index in [-0.39, 0.29) is 28.5 Å². The molecule has 20 heavy (non-hydrogen) atoms. The zero-order valence-corrected chi connectivity index (χ0v) is 11.6. The normalized spacial score (nSPS) is 11.7. The molecule has 0 saturated heterocycles. The Bertz CT molecular complexity index is 547. The first-order valence-electron chi connectivity index (χ1n) is 5.51. The van der Waals surface area contributed by atoms with Crippen LogP contribution in [0.4, 0.5) is 0 Å². The fourth-order valence-corrected chi connectivity index (χ4v) is 1.70. The lowest BCUT2D eigenvalue weighted by atomic mass is 10.1. The maximum absolute atomic E-state index is 11.8. The maximum atomic E-state index is 11.8. The second kappa shape index (κ2) is 7.12. The average molecular weight is 320 g/mol. The van der Waals surface area contributed by atoms with Crippen molar-refractivity contribution in [2.75, 3.05) is 0 Å². The molecule has 0 fully saturated rings. The molecule has 0 aromatic heterocycles. The molecule has 1 rings (SSSR count). The molecule has 0 radical (unpaired) electrons. The third-order valence-electron chi connectivity index (χ3n) is 2.43. The summed E-state index contributed by atoms with van der Waals surface area (Å²) in [5, 5.41) is 20.1. The highest BCUT2D eigenvalue weighted by molar-refractivity contribution is 6.42. The summed E-state index contributed by atoms with van der Waals surface area (Å²) in [5.74, 6) is -3.11. The summed E-state index contributed by atoms with van der Waals surface area (Å²) in [6.45, 7) is 0. The van der Waals surface area contributed by atoms with Crippen molar-refractivity contribution in [3.63, 3.8) is 0 Å². The van der Waals surface area contributed by atoms with Crippen LogP contribution in [0.25, 0.3) is 0 Å². The van der Waals surface area contributed by atoms with Gasteiger partial charge in [-0.15, -0.1) is 0 Å². The molecule has 3 N–H and O–H groups in total. The smallest absolute Gasteiger partial charge is 0.326 e. The summed E-state index contributed by atoms with van der Waals surface area (Å²) in [7, 11) is 0. The van der Waals surface area contributed by atoms with Crippen molar-refractivity contribution in [2.24, 2.45) is 0 Å². The summed E-state index contributed by atoms with van der Waals surface area (Å²) in [6, 6.07) is 2.81. The topological polar surface area (TPSA) is 104 Å². The molecule has 0 aliphatic heterocycles. The van der Waals surface area contributed by atoms with Crippen molar-refractivity contribution < 1.29 is 24.6 Å². The van der Waals surface area contributed by atoms with E-state index in [1.165, 1.54) is 18.2 Å². The van der Waals surface area contributed by atoms with Crippen LogP contribution in [-0.2, 0) is 9.59 Å². The largest absolute Gasteiger partial charge is 0.481 e. The lowest BCUT2D eigenvalue weighted by Gasteiger charge is -2.13. The van der Waals surface area contributed by atoms with Gasteiger partial charge in [0.05, 0.1) is 10.0 Å². The minimum atomic E-state index is -1.31. The van der Waals surface area contributed by atoms with E-state index in [1.807, 2.05) is 0 Å². The quantitative estimate of drug-likeness (QED) is 0.744. The number of rotatable bonds is 6. The zero-order chi connectivity index (χ0) is 15.3. The predicted octanol–water partition coefficient (Wildman–Crippen LogP) is 2.04. The second-order valence-corrected chi connectivity index (χ2v) is 4.74. The molecule has 0 bridgehead atoms. The molecule has 1 aromatic carbocycles. The van der Waals surface area contributed by atoms with Crippen LogP contribution in [-0.4, -0.2) is 34.1 Å². The molecular formula is C12H11Cl2NO5. The fraction of sp³-hybridized carbons (Fsp3) is 0.250. The van der Waals surface area contributed by atoms with E-state index in [2.05, 4.69) is 5.32 Å². The number of carbonyl (C=O) groups is 3. The van der Waals surface area contributed by atoms with Gasteiger partial charge in [-0.05, 0) is 24.6 Å². The SMILES string of the molecule is O=C(O)CCC(NC(=O)c1ccc(Cl)c(Cl)c1)C(=O)O. The minimum absolute atomic E-state index is 0.140. The number of halogens is 2. The highest BCUT2D eigenvalue weighted by Gasteiger charge is 2.21. The second-order valence-electron chi connectivity index (χ2n) is 3.93. The lowest BCUT2D eigenvalue weighted by Crippen LogP contribution is -2.41. The molecule has 108 valence electrons. The molecule has 0 aliphatic carbocycles. The van der Waals surface area contributed by atoms with E-state index in [0.717, 1.165) is 0 Å². The monoisotopic (exact) mass is 319 g/mol. The fourth-order valence-electron chi connectivity index (χ4n) is 1.40. The van der Waals surface area contributed by atoms with Gasteiger partial charge in [0.25, 0.3) is 5.91 Å². The van der Waals surface area contributed by atoms with Crippen molar-refractivity contribution in [3.05, 3.63) is 33.8 Å². The summed E-state index contributed by atoms with van der Waals surface area (Å²) in [4.78, 5) is 33.2. The Morgan fingerprint density at radius 3 is 2.30 bits per heavy atom. The maximum Gasteiger partial charge on any atom is 0.326 e. The Morgan fingerprint density at radius 2 is 1.80 bits per heavy atom. The molecule has 1 aromatic rings. The third kappa shape index (κ3) is 4.71. The van der Waals surface area contributed by atoms with Crippen LogP contribution < -0.4 is 5.32 Å². The molecule has 1 unspecified atom stereocenters. The van der Waals surface area contributed by atoms with E-state index in [1.54, 1.807) is 0 Å². The highest BCUT2D eigenvalue weighted by atomic mass is 35.5. The van der Waals surface area contributed by atoms with Gasteiger partial charge in [-0.2, -0.15) is 0 Å². The summed E-state index contributed by atoms with van der Waals surface area (Å²) in [5.41, 5.74) is 0.140. The number of nitrogens with one attached hydrogen (secondary N) is 1. The summed E-state index contributed by atoms with van der Waals surface area (Å²) < 4.78 is 0. The number of carboxylic acids is 2. The number of benzene rings is 1. The highest BCUT2D eigenvalue weighted by Crippen LogP contribution is 2.22. The molecular weight excluding hydrogens is 309 g/mol. The average Bonchev–Trinajstić information content (AvgIpc) is 2.36. The first kappa shape index (κ1) is 16.3. The van der Waals surface area contributed by atoms with E-state index in [0.29, 0.717) is 0 Å². The number of carbonyl (C=O) groups excluding carboxylic acids is 1. The standard InChI is InChI=1S/C12H11Cl2NO5/c13-7-2-1-6(5-8(7)14)11(18)15-9(12(19)20)3-4-10(16)17/h1-2,5,9H,3-4H2,(H,15,18)(H,16,17)(H,19,20). The molecule has 1 atom stereocenters. The van der Waals surface area contributed by atoms with Gasteiger partial charge >= 0.3 is 11.9 Å². The number of carboxylic acid groups (broad SMARTS) is 2. The van der Waals surface area contributed by atoms with Crippen LogP contribution in [0.2, 0.25) is 10.0 Å². The molecule has 0 saturated carbocycles. The Hall–Kier alpha value is -1.79. The van der Waals surface area contributed by atoms with E-state index in [9.17, 15) is 14.4 Å². The summed E-state index contributed by atoms with van der Waals surface area (Å²) in [6.07, 6.45) is -0.573. The first-order chi connectivity index (χ1) is 9.31. The molecule has 6 nitrogen and oxygen atoms in total. The van der Waals surface area contributed by atoms with Gasteiger partial charge < -0.3 is 15.5 Å². The van der Waals surface area contributed by atoms with Crippen LogP contribution >= 0.6 is 23.2 Å². The third-order valence-corrected chi connectivity index (χ3v) is 3.17. The lowest BCUT2D eigenvalue weighted by molar-refractivity contribution is -0.140. The van der Waals surface area contributed by atoms with Crippen LogP contribution in [0.1, 0.15) is 23.2 Å². The number of aliphatic carboxylic acids is 2. The number of hydrogen-bond donors (Lipinski definition) is 3. The number of hydrogen-bond acceptors (Lipinski definition) is 3. The Balaban J connectivity index is 2.77. The Labute approximate surface area is 124 Å². The van der Waals surface area contributed by atoms with E-state index in [4.69, 9.17) is 33.4 Å². The van der Waals surface area contributed by atoms with Gasteiger partial charge in [-0.25, -0.2) is 4.79 Å². The predicted molar refractivity (Wildman–Crippen MR) is 72.2 cm³/mol. The van der Waals surface area contributed by atoms with E-state index < -0.39 is 23.9 Å². The van der Waals surface area contributed by atoms with Crippen LogP contribution in [0.5, 0.6) is 0 Å². The molecule has 1 amide bonds. The molecule has 0 aliphatic rings. The Kier molecular flexibility index (Phi) is 5.79. The van der Waals surface area contributed by atoms with Gasteiger partial charge in [0.15, 0.2) is 0 Å². The van der Waals surface area contributed by atoms with Gasteiger partial charge in [-0.3, -0.25) is 9.59 Å². The number of amides is 1. The molecule has 8 heteroatoms. The van der Waals surface area contributed by atoms with Gasteiger partial charge in [0, 0.05) is 12.0 Å². The van der Waals surface area contributed by atoms with Crippen LogP contribution in [0, 0.1) is 0 Å². The molecule has 0 heterocycles. The minimum Gasteiger partial charge on any atom is -0.481 e. The first-order valence-corrected chi connectivity index (χ1v) is 6.27. The molecule has 0 spiro atoms. The van der Waals surface area contributed by atoms with Gasteiger partial charge in [-0.1, -0.05) is 23.2 Å².